The minimum Gasteiger partial charge on any atom is -0.508 e. The smallest absolute Gasteiger partial charge is 0.340 e. The average Bonchev–Trinajstić information content (AvgIpc) is 2.16. The lowest BCUT2D eigenvalue weighted by atomic mass is 10.2. The SMILES string of the molecule is O=c1oc2cc(O)ccc2cc1CCl. The van der Waals surface area contributed by atoms with Gasteiger partial charge in [-0.15, -0.1) is 11.6 Å². The molecular weight excluding hydrogens is 204 g/mol. The Bertz CT molecular complexity index is 530. The quantitative estimate of drug-likeness (QED) is 0.580. The molecule has 0 aliphatic carbocycles. The molecule has 3 nitrogen and oxygen atoms in total. The Kier molecular flexibility index (Phi) is 2.17. The lowest BCUT2D eigenvalue weighted by Crippen LogP contribution is -2.04. The van der Waals surface area contributed by atoms with Crippen molar-refractivity contribution in [3.05, 3.63) is 40.2 Å². The molecule has 0 saturated carbocycles. The van der Waals surface area contributed by atoms with Crippen molar-refractivity contribution in [3.8, 4) is 5.75 Å². The highest BCUT2D eigenvalue weighted by atomic mass is 35.5. The highest BCUT2D eigenvalue weighted by Crippen LogP contribution is 2.19. The number of benzene rings is 1. The van der Waals surface area contributed by atoms with Crippen LogP contribution in [0.5, 0.6) is 5.75 Å². The zero-order valence-electron chi connectivity index (χ0n) is 7.16. The summed E-state index contributed by atoms with van der Waals surface area (Å²) in [5.74, 6) is 0.193. The van der Waals surface area contributed by atoms with Crippen LogP contribution in [0.4, 0.5) is 0 Å². The number of alkyl halides is 1. The van der Waals surface area contributed by atoms with E-state index in [-0.39, 0.29) is 11.6 Å². The number of fused-ring (bicyclic) bond motifs is 1. The van der Waals surface area contributed by atoms with Gasteiger partial charge in [0.2, 0.25) is 0 Å². The van der Waals surface area contributed by atoms with Crippen LogP contribution < -0.4 is 5.63 Å². The molecule has 0 spiro atoms. The minimum absolute atomic E-state index is 0.0688. The van der Waals surface area contributed by atoms with E-state index in [1.165, 1.54) is 12.1 Å². The second-order valence-electron chi connectivity index (χ2n) is 2.91. The first-order chi connectivity index (χ1) is 6.70. The maximum absolute atomic E-state index is 11.2. The Balaban J connectivity index is 2.79. The Morgan fingerprint density at radius 1 is 1.36 bits per heavy atom. The third kappa shape index (κ3) is 1.46. The molecule has 1 heterocycles. The molecule has 0 aliphatic heterocycles. The Morgan fingerprint density at radius 3 is 2.86 bits per heavy atom. The lowest BCUT2D eigenvalue weighted by molar-refractivity contribution is 0.473. The van der Waals surface area contributed by atoms with Crippen molar-refractivity contribution in [2.45, 2.75) is 5.88 Å². The molecule has 0 atom stereocenters. The summed E-state index contributed by atoms with van der Waals surface area (Å²) in [4.78, 5) is 11.2. The summed E-state index contributed by atoms with van der Waals surface area (Å²) in [6, 6.07) is 6.26. The van der Waals surface area contributed by atoms with Crippen molar-refractivity contribution < 1.29 is 9.52 Å². The molecule has 0 radical (unpaired) electrons. The molecule has 4 heteroatoms. The highest BCUT2D eigenvalue weighted by Gasteiger charge is 2.04. The predicted octanol–water partition coefficient (Wildman–Crippen LogP) is 2.24. The maximum Gasteiger partial charge on any atom is 0.340 e. The van der Waals surface area contributed by atoms with Gasteiger partial charge in [0.05, 0.1) is 11.4 Å². The monoisotopic (exact) mass is 210 g/mol. The number of halogens is 1. The molecule has 1 aromatic carbocycles. The fourth-order valence-corrected chi connectivity index (χ4v) is 1.42. The van der Waals surface area contributed by atoms with Gasteiger partial charge in [-0.05, 0) is 18.2 Å². The van der Waals surface area contributed by atoms with Gasteiger partial charge >= 0.3 is 5.63 Å². The Morgan fingerprint density at radius 2 is 2.14 bits per heavy atom. The third-order valence-corrected chi connectivity index (χ3v) is 2.22. The molecular formula is C10H7ClO3. The summed E-state index contributed by atoms with van der Waals surface area (Å²) >= 11 is 5.55. The van der Waals surface area contributed by atoms with E-state index in [1.807, 2.05) is 0 Å². The molecule has 2 rings (SSSR count). The van der Waals surface area contributed by atoms with Crippen molar-refractivity contribution in [3.63, 3.8) is 0 Å². The van der Waals surface area contributed by atoms with E-state index in [4.69, 9.17) is 21.1 Å². The fourth-order valence-electron chi connectivity index (χ4n) is 1.24. The summed E-state index contributed by atoms with van der Waals surface area (Å²) in [6.07, 6.45) is 0. The molecule has 0 unspecified atom stereocenters. The summed E-state index contributed by atoms with van der Waals surface area (Å²) < 4.78 is 4.96. The van der Waals surface area contributed by atoms with Crippen LogP contribution in [-0.2, 0) is 5.88 Å². The summed E-state index contributed by atoms with van der Waals surface area (Å²) in [7, 11) is 0. The van der Waals surface area contributed by atoms with Crippen molar-refractivity contribution in [1.29, 1.82) is 0 Å². The second kappa shape index (κ2) is 3.35. The topological polar surface area (TPSA) is 50.4 Å². The predicted molar refractivity (Wildman–Crippen MR) is 53.7 cm³/mol. The van der Waals surface area contributed by atoms with Crippen LogP contribution in [0, 0.1) is 0 Å². The van der Waals surface area contributed by atoms with Gasteiger partial charge in [0.15, 0.2) is 0 Å². The van der Waals surface area contributed by atoms with E-state index in [0.717, 1.165) is 5.39 Å². The van der Waals surface area contributed by atoms with Crippen molar-refractivity contribution in [1.82, 2.24) is 0 Å². The molecule has 1 N–H and O–H groups in total. The van der Waals surface area contributed by atoms with Crippen LogP contribution >= 0.6 is 11.6 Å². The van der Waals surface area contributed by atoms with E-state index in [2.05, 4.69) is 0 Å². The zero-order valence-corrected chi connectivity index (χ0v) is 7.91. The van der Waals surface area contributed by atoms with Gasteiger partial charge in [0.25, 0.3) is 0 Å². The zero-order chi connectivity index (χ0) is 10.1. The van der Waals surface area contributed by atoms with Gasteiger partial charge < -0.3 is 9.52 Å². The third-order valence-electron chi connectivity index (χ3n) is 1.94. The number of hydrogen-bond donors (Lipinski definition) is 1. The van der Waals surface area contributed by atoms with Crippen LogP contribution in [0.3, 0.4) is 0 Å². The van der Waals surface area contributed by atoms with Crippen LogP contribution in [0.1, 0.15) is 5.56 Å². The maximum atomic E-state index is 11.2. The van der Waals surface area contributed by atoms with Gasteiger partial charge in [-0.2, -0.15) is 0 Å². The van der Waals surface area contributed by atoms with Crippen LogP contribution in [-0.4, -0.2) is 5.11 Å². The summed E-state index contributed by atoms with van der Waals surface area (Å²) in [5, 5.41) is 9.91. The van der Waals surface area contributed by atoms with Crippen molar-refractivity contribution in [2.75, 3.05) is 0 Å². The molecule has 0 amide bonds. The normalized spacial score (nSPS) is 10.6. The first-order valence-corrected chi connectivity index (χ1v) is 4.56. The number of aromatic hydroxyl groups is 1. The fraction of sp³-hybridized carbons (Fsp3) is 0.100. The van der Waals surface area contributed by atoms with E-state index in [1.54, 1.807) is 12.1 Å². The van der Waals surface area contributed by atoms with Gasteiger partial charge in [-0.25, -0.2) is 4.79 Å². The van der Waals surface area contributed by atoms with Crippen molar-refractivity contribution in [2.24, 2.45) is 0 Å². The van der Waals surface area contributed by atoms with Gasteiger partial charge in [0.1, 0.15) is 11.3 Å². The molecule has 14 heavy (non-hydrogen) atoms. The highest BCUT2D eigenvalue weighted by molar-refractivity contribution is 6.17. The number of phenols is 1. The number of hydrogen-bond acceptors (Lipinski definition) is 3. The molecule has 72 valence electrons. The molecule has 0 bridgehead atoms. The largest absolute Gasteiger partial charge is 0.508 e. The molecule has 0 saturated heterocycles. The average molecular weight is 211 g/mol. The van der Waals surface area contributed by atoms with Gasteiger partial charge in [0, 0.05) is 11.5 Å². The lowest BCUT2D eigenvalue weighted by Gasteiger charge is -1.99. The standard InChI is InChI=1S/C10H7ClO3/c11-5-7-3-6-1-2-8(12)4-9(6)14-10(7)13/h1-4,12H,5H2. The van der Waals surface area contributed by atoms with E-state index in [0.29, 0.717) is 11.1 Å². The van der Waals surface area contributed by atoms with E-state index in [9.17, 15) is 4.79 Å². The number of phenolic OH excluding ortho intramolecular Hbond substituents is 1. The van der Waals surface area contributed by atoms with Crippen LogP contribution in [0.15, 0.2) is 33.5 Å². The Labute approximate surface area is 84.5 Å². The van der Waals surface area contributed by atoms with Gasteiger partial charge in [-0.3, -0.25) is 0 Å². The van der Waals surface area contributed by atoms with Gasteiger partial charge in [-0.1, -0.05) is 0 Å². The van der Waals surface area contributed by atoms with E-state index >= 15 is 0 Å². The van der Waals surface area contributed by atoms with Crippen LogP contribution in [0.25, 0.3) is 11.0 Å². The summed E-state index contributed by atoms with van der Waals surface area (Å²) in [5.41, 5.74) is 0.326. The minimum atomic E-state index is -0.460. The number of rotatable bonds is 1. The molecule has 0 fully saturated rings. The summed E-state index contributed by atoms with van der Waals surface area (Å²) in [6.45, 7) is 0. The Hall–Kier alpha value is -1.48. The first-order valence-electron chi connectivity index (χ1n) is 4.02. The van der Waals surface area contributed by atoms with Crippen molar-refractivity contribution >= 4 is 22.6 Å². The molecule has 0 aliphatic rings. The first kappa shape index (κ1) is 9.09. The molecule has 1 aromatic heterocycles. The second-order valence-corrected chi connectivity index (χ2v) is 3.18. The van der Waals surface area contributed by atoms with E-state index < -0.39 is 5.63 Å². The molecule has 2 aromatic rings. The van der Waals surface area contributed by atoms with Crippen LogP contribution in [0.2, 0.25) is 0 Å².